The highest BCUT2D eigenvalue weighted by Crippen LogP contribution is 2.21. The first-order chi connectivity index (χ1) is 14.0. The Balaban J connectivity index is 1.66. The third kappa shape index (κ3) is 5.96. The maximum atomic E-state index is 12.9. The lowest BCUT2D eigenvalue weighted by Crippen LogP contribution is -2.40. The van der Waals surface area contributed by atoms with Gasteiger partial charge in [0, 0.05) is 44.1 Å². The summed E-state index contributed by atoms with van der Waals surface area (Å²) in [6.45, 7) is 3.32. The number of nitrogens with zero attached hydrogens (tertiary/aromatic N) is 3. The summed E-state index contributed by atoms with van der Waals surface area (Å²) in [5.41, 5.74) is 2.67. The summed E-state index contributed by atoms with van der Waals surface area (Å²) in [6, 6.07) is 17.3. The lowest BCUT2D eigenvalue weighted by molar-refractivity contribution is 0.205. The summed E-state index contributed by atoms with van der Waals surface area (Å²) >= 11 is 0. The van der Waals surface area contributed by atoms with Crippen LogP contribution in [0.2, 0.25) is 0 Å². The predicted molar refractivity (Wildman–Crippen MR) is 116 cm³/mol. The van der Waals surface area contributed by atoms with Crippen molar-refractivity contribution < 1.29 is 9.59 Å². The number of benzene rings is 2. The zero-order valence-electron chi connectivity index (χ0n) is 17.1. The number of amides is 4. The third-order valence-electron chi connectivity index (χ3n) is 4.88. The van der Waals surface area contributed by atoms with Crippen molar-refractivity contribution in [3.8, 4) is 0 Å². The van der Waals surface area contributed by atoms with Gasteiger partial charge in [0.15, 0.2) is 0 Å². The van der Waals surface area contributed by atoms with Crippen LogP contribution in [0.5, 0.6) is 0 Å². The molecular weight excluding hydrogens is 366 g/mol. The van der Waals surface area contributed by atoms with Gasteiger partial charge in [-0.15, -0.1) is 0 Å². The van der Waals surface area contributed by atoms with Crippen LogP contribution >= 0.6 is 0 Å². The van der Waals surface area contributed by atoms with E-state index in [1.165, 1.54) is 5.56 Å². The second-order valence-electron chi connectivity index (χ2n) is 7.39. The van der Waals surface area contributed by atoms with Gasteiger partial charge < -0.3 is 20.4 Å². The Morgan fingerprint density at radius 1 is 1.07 bits per heavy atom. The predicted octanol–water partition coefficient (Wildman–Crippen LogP) is 2.85. The first kappa shape index (κ1) is 20.7. The molecule has 154 valence electrons. The van der Waals surface area contributed by atoms with Crippen LogP contribution in [0.3, 0.4) is 0 Å². The number of carbonyl (C=O) groups excluding carboxylic acids is 2. The van der Waals surface area contributed by atoms with Crippen LogP contribution in [0.1, 0.15) is 5.56 Å². The Hall–Kier alpha value is -3.06. The minimum Gasteiger partial charge on any atom is -0.336 e. The Labute approximate surface area is 172 Å². The molecule has 0 unspecified atom stereocenters. The summed E-state index contributed by atoms with van der Waals surface area (Å²) in [5.74, 6) is 0. The maximum absolute atomic E-state index is 12.9. The number of carbonyl (C=O) groups is 2. The van der Waals surface area contributed by atoms with Gasteiger partial charge in [0.1, 0.15) is 0 Å². The molecule has 0 radical (unpaired) electrons. The number of likely N-dealkylation sites (N-methyl/N-ethyl adjacent to an activating group) is 1. The fraction of sp³-hybridized carbons (Fsp3) is 0.364. The molecule has 3 rings (SSSR count). The zero-order valence-corrected chi connectivity index (χ0v) is 17.1. The van der Waals surface area contributed by atoms with Gasteiger partial charge in [-0.2, -0.15) is 0 Å². The smallest absolute Gasteiger partial charge is 0.321 e. The van der Waals surface area contributed by atoms with Gasteiger partial charge in [0.2, 0.25) is 0 Å². The molecule has 0 saturated carbocycles. The van der Waals surface area contributed by atoms with Crippen molar-refractivity contribution in [2.45, 2.75) is 6.42 Å². The summed E-state index contributed by atoms with van der Waals surface area (Å²) in [6.07, 6.45) is 0.801. The molecule has 7 nitrogen and oxygen atoms in total. The summed E-state index contributed by atoms with van der Waals surface area (Å²) < 4.78 is 0. The molecule has 0 aliphatic carbocycles. The molecule has 0 spiro atoms. The van der Waals surface area contributed by atoms with Crippen LogP contribution in [0.15, 0.2) is 54.6 Å². The zero-order chi connectivity index (χ0) is 20.6. The molecule has 1 aliphatic heterocycles. The Bertz CT molecular complexity index is 825. The van der Waals surface area contributed by atoms with Crippen molar-refractivity contribution >= 4 is 23.4 Å². The van der Waals surface area contributed by atoms with Crippen molar-refractivity contribution in [3.05, 3.63) is 60.2 Å². The molecule has 2 aromatic carbocycles. The van der Waals surface area contributed by atoms with Gasteiger partial charge in [0.05, 0.1) is 0 Å². The molecule has 7 heteroatoms. The Kier molecular flexibility index (Phi) is 7.08. The highest BCUT2D eigenvalue weighted by molar-refractivity contribution is 5.95. The van der Waals surface area contributed by atoms with E-state index < -0.39 is 0 Å². The molecule has 2 aromatic rings. The quantitative estimate of drug-likeness (QED) is 0.722. The van der Waals surface area contributed by atoms with E-state index in [9.17, 15) is 9.59 Å². The molecule has 0 atom stereocenters. The van der Waals surface area contributed by atoms with E-state index in [0.29, 0.717) is 31.9 Å². The van der Waals surface area contributed by atoms with Gasteiger partial charge in [0.25, 0.3) is 0 Å². The number of urea groups is 2. The average Bonchev–Trinajstić information content (AvgIpc) is 3.14. The second kappa shape index (κ2) is 9.93. The fourth-order valence-electron chi connectivity index (χ4n) is 3.22. The number of rotatable bonds is 8. The molecule has 1 saturated heterocycles. The van der Waals surface area contributed by atoms with E-state index in [1.807, 2.05) is 61.5 Å². The van der Waals surface area contributed by atoms with Crippen LogP contribution in [0.25, 0.3) is 0 Å². The molecule has 2 N–H and O–H groups in total. The first-order valence-corrected chi connectivity index (χ1v) is 9.93. The molecule has 29 heavy (non-hydrogen) atoms. The van der Waals surface area contributed by atoms with E-state index in [-0.39, 0.29) is 12.1 Å². The number of hydrogen-bond donors (Lipinski definition) is 2. The second-order valence-corrected chi connectivity index (χ2v) is 7.39. The van der Waals surface area contributed by atoms with E-state index in [1.54, 1.807) is 4.90 Å². The Morgan fingerprint density at radius 3 is 2.55 bits per heavy atom. The van der Waals surface area contributed by atoms with Crippen LogP contribution in [-0.2, 0) is 6.42 Å². The highest BCUT2D eigenvalue weighted by Gasteiger charge is 2.21. The minimum atomic E-state index is -0.134. The normalized spacial score (nSPS) is 13.5. The van der Waals surface area contributed by atoms with E-state index in [4.69, 9.17) is 0 Å². The van der Waals surface area contributed by atoms with Gasteiger partial charge in [-0.25, -0.2) is 9.59 Å². The van der Waals surface area contributed by atoms with Crippen LogP contribution in [0.4, 0.5) is 21.0 Å². The van der Waals surface area contributed by atoms with Crippen molar-refractivity contribution in [1.29, 1.82) is 0 Å². The van der Waals surface area contributed by atoms with Crippen molar-refractivity contribution in [2.24, 2.45) is 0 Å². The number of nitrogens with one attached hydrogen (secondary N) is 2. The Morgan fingerprint density at radius 2 is 1.86 bits per heavy atom. The molecule has 1 heterocycles. The fourth-order valence-corrected chi connectivity index (χ4v) is 3.22. The number of hydrogen-bond acceptors (Lipinski definition) is 3. The van der Waals surface area contributed by atoms with Crippen LogP contribution in [-0.4, -0.2) is 68.7 Å². The van der Waals surface area contributed by atoms with Gasteiger partial charge in [-0.1, -0.05) is 36.4 Å². The average molecular weight is 396 g/mol. The molecule has 0 bridgehead atoms. The van der Waals surface area contributed by atoms with Crippen LogP contribution < -0.4 is 15.5 Å². The van der Waals surface area contributed by atoms with Gasteiger partial charge in [-0.05, 0) is 44.3 Å². The minimum absolute atomic E-state index is 0.107. The van der Waals surface area contributed by atoms with E-state index in [0.717, 1.165) is 18.7 Å². The molecular formula is C22H29N5O2. The van der Waals surface area contributed by atoms with E-state index >= 15 is 0 Å². The van der Waals surface area contributed by atoms with Crippen molar-refractivity contribution in [2.75, 3.05) is 57.0 Å². The summed E-state index contributed by atoms with van der Waals surface area (Å²) in [4.78, 5) is 30.4. The third-order valence-corrected chi connectivity index (χ3v) is 4.88. The van der Waals surface area contributed by atoms with Gasteiger partial charge >= 0.3 is 12.1 Å². The van der Waals surface area contributed by atoms with Crippen LogP contribution in [0, 0.1) is 0 Å². The summed E-state index contributed by atoms with van der Waals surface area (Å²) in [7, 11) is 4.00. The SMILES string of the molecule is CN(C)CCN(CCc1ccccc1)C(=O)Nc1cccc(N2CCNC2=O)c1. The standard InChI is InChI=1S/C22H29N5O2/c1-25(2)15-16-26(13-11-18-7-4-3-5-8-18)22(29)24-19-9-6-10-20(17-19)27-14-12-23-21(27)28/h3-10,17H,11-16H2,1-2H3,(H,23,28)(H,24,29). The van der Waals surface area contributed by atoms with Crippen molar-refractivity contribution in [1.82, 2.24) is 15.1 Å². The van der Waals surface area contributed by atoms with Gasteiger partial charge in [-0.3, -0.25) is 4.90 Å². The first-order valence-electron chi connectivity index (χ1n) is 9.93. The molecule has 1 aliphatic rings. The lowest BCUT2D eigenvalue weighted by Gasteiger charge is -2.25. The number of anilines is 2. The molecule has 0 aromatic heterocycles. The maximum Gasteiger partial charge on any atom is 0.321 e. The lowest BCUT2D eigenvalue weighted by atomic mass is 10.1. The molecule has 4 amide bonds. The van der Waals surface area contributed by atoms with E-state index in [2.05, 4.69) is 27.7 Å². The monoisotopic (exact) mass is 395 g/mol. The largest absolute Gasteiger partial charge is 0.336 e. The topological polar surface area (TPSA) is 67.9 Å². The molecule has 1 fully saturated rings. The van der Waals surface area contributed by atoms with Crippen molar-refractivity contribution in [3.63, 3.8) is 0 Å². The highest BCUT2D eigenvalue weighted by atomic mass is 16.2. The summed E-state index contributed by atoms with van der Waals surface area (Å²) in [5, 5.41) is 5.78.